The van der Waals surface area contributed by atoms with Crippen LogP contribution in [-0.2, 0) is 14.4 Å². The van der Waals surface area contributed by atoms with E-state index in [0.717, 1.165) is 12.2 Å². The number of carbonyl (C=O) groups is 3. The van der Waals surface area contributed by atoms with E-state index in [1.807, 2.05) is 13.8 Å². The minimum Gasteiger partial charge on any atom is -0.357 e. The van der Waals surface area contributed by atoms with Crippen molar-refractivity contribution < 1.29 is 14.4 Å². The first kappa shape index (κ1) is 19.1. The van der Waals surface area contributed by atoms with Crippen molar-refractivity contribution in [1.82, 2.24) is 20.9 Å². The average molecular weight is 356 g/mol. The van der Waals surface area contributed by atoms with Crippen LogP contribution in [0.4, 0.5) is 0 Å². The van der Waals surface area contributed by atoms with Crippen molar-refractivity contribution in [3.05, 3.63) is 0 Å². The van der Waals surface area contributed by atoms with Gasteiger partial charge in [-0.2, -0.15) is 0 Å². The van der Waals surface area contributed by atoms with Gasteiger partial charge in [-0.25, -0.2) is 0 Å². The first-order valence-corrected chi connectivity index (χ1v) is 9.40. The van der Waals surface area contributed by atoms with Gasteiger partial charge in [-0.15, -0.1) is 11.8 Å². The predicted molar refractivity (Wildman–Crippen MR) is 94.4 cm³/mol. The van der Waals surface area contributed by atoms with Crippen LogP contribution in [0.3, 0.4) is 0 Å². The van der Waals surface area contributed by atoms with Gasteiger partial charge in [0.15, 0.2) is 0 Å². The monoisotopic (exact) mass is 356 g/mol. The first-order valence-electron chi connectivity index (χ1n) is 8.36. The molecule has 2 aliphatic heterocycles. The molecule has 2 fully saturated rings. The Balaban J connectivity index is 2.25. The first-order chi connectivity index (χ1) is 11.2. The third-order valence-electron chi connectivity index (χ3n) is 4.94. The molecule has 2 heterocycles. The molecule has 4 atom stereocenters. The molecule has 0 bridgehead atoms. The molecule has 2 saturated heterocycles. The summed E-state index contributed by atoms with van der Waals surface area (Å²) in [5, 5.41) is 8.38. The second kappa shape index (κ2) is 7.31. The van der Waals surface area contributed by atoms with Crippen LogP contribution in [0.25, 0.3) is 0 Å². The molecule has 1 unspecified atom stereocenters. The zero-order valence-electron chi connectivity index (χ0n) is 15.0. The minimum absolute atomic E-state index is 0.0153. The molecule has 3 N–H and O–H groups in total. The van der Waals surface area contributed by atoms with Crippen LogP contribution in [0.5, 0.6) is 0 Å². The molecule has 0 aromatic carbocycles. The number of rotatable bonds is 4. The van der Waals surface area contributed by atoms with E-state index in [4.69, 9.17) is 0 Å². The van der Waals surface area contributed by atoms with Gasteiger partial charge in [0.05, 0.1) is 11.4 Å². The molecule has 0 aliphatic carbocycles. The van der Waals surface area contributed by atoms with Crippen LogP contribution in [0.1, 0.15) is 33.6 Å². The summed E-state index contributed by atoms with van der Waals surface area (Å²) in [6.07, 6.45) is 1.36. The summed E-state index contributed by atoms with van der Waals surface area (Å²) in [5.74, 6) is 0.282. The molecule has 8 heteroatoms. The lowest BCUT2D eigenvalue weighted by atomic mass is 9.84. The number of nitrogens with zero attached hydrogens (tertiary/aromatic N) is 1. The van der Waals surface area contributed by atoms with Gasteiger partial charge in [0.2, 0.25) is 17.7 Å². The van der Waals surface area contributed by atoms with Gasteiger partial charge in [-0.3, -0.25) is 14.4 Å². The Morgan fingerprint density at radius 2 is 2.00 bits per heavy atom. The maximum atomic E-state index is 13.1. The minimum atomic E-state index is -0.577. The lowest BCUT2D eigenvalue weighted by Gasteiger charge is -2.33. The van der Waals surface area contributed by atoms with Crippen LogP contribution in [0, 0.1) is 5.41 Å². The molecule has 3 amide bonds. The van der Waals surface area contributed by atoms with Crippen molar-refractivity contribution in [2.75, 3.05) is 19.8 Å². The Morgan fingerprint density at radius 3 is 2.58 bits per heavy atom. The third-order valence-corrected chi connectivity index (χ3v) is 6.19. The van der Waals surface area contributed by atoms with Crippen LogP contribution in [0.2, 0.25) is 0 Å². The molecule has 0 aromatic heterocycles. The quantitative estimate of drug-likeness (QED) is 0.655. The summed E-state index contributed by atoms with van der Waals surface area (Å²) in [7, 11) is 3.30. The van der Waals surface area contributed by atoms with Gasteiger partial charge in [-0.05, 0) is 38.0 Å². The molecule has 2 rings (SSSR count). The van der Waals surface area contributed by atoms with E-state index >= 15 is 0 Å². The number of amides is 3. The van der Waals surface area contributed by atoms with E-state index in [1.54, 1.807) is 37.7 Å². The standard InChI is InChI=1S/C16H28N4O3S/c1-9(17-4)13(21)19-10-6-7-24-11-8-16(2,3)12(14(22)18-5)20(11)15(10)23/h9-12,17H,6-8H2,1-5H3,(H,18,22)(H,19,21)/t9-,10-,11?,12+/m0/s1. The Hall–Kier alpha value is -1.28. The van der Waals surface area contributed by atoms with Crippen molar-refractivity contribution in [2.24, 2.45) is 5.41 Å². The Labute approximate surface area is 147 Å². The maximum absolute atomic E-state index is 13.1. The highest BCUT2D eigenvalue weighted by molar-refractivity contribution is 7.99. The van der Waals surface area contributed by atoms with Gasteiger partial charge in [0.25, 0.3) is 0 Å². The van der Waals surface area contributed by atoms with Crippen LogP contribution in [0.15, 0.2) is 0 Å². The SMILES string of the molecule is CNC(=O)[C@H]1N2C(=O)[C@@H](NC(=O)[C@H](C)NC)CCSC2CC1(C)C. The summed E-state index contributed by atoms with van der Waals surface area (Å²) in [6.45, 7) is 5.79. The predicted octanol–water partition coefficient (Wildman–Crippen LogP) is -0.0848. The third kappa shape index (κ3) is 3.54. The maximum Gasteiger partial charge on any atom is 0.246 e. The lowest BCUT2D eigenvalue weighted by molar-refractivity contribution is -0.143. The molecule has 136 valence electrons. The fourth-order valence-electron chi connectivity index (χ4n) is 3.42. The van der Waals surface area contributed by atoms with Gasteiger partial charge in [0, 0.05) is 7.05 Å². The van der Waals surface area contributed by atoms with E-state index in [9.17, 15) is 14.4 Å². The molecular weight excluding hydrogens is 328 g/mol. The van der Waals surface area contributed by atoms with Crippen LogP contribution in [-0.4, -0.2) is 66.0 Å². The van der Waals surface area contributed by atoms with Crippen LogP contribution >= 0.6 is 11.8 Å². The van der Waals surface area contributed by atoms with E-state index in [0.29, 0.717) is 6.42 Å². The number of hydrogen-bond donors (Lipinski definition) is 3. The van der Waals surface area contributed by atoms with Gasteiger partial charge < -0.3 is 20.9 Å². The summed E-state index contributed by atoms with van der Waals surface area (Å²) < 4.78 is 0. The fraction of sp³-hybridized carbons (Fsp3) is 0.812. The van der Waals surface area contributed by atoms with E-state index in [2.05, 4.69) is 16.0 Å². The smallest absolute Gasteiger partial charge is 0.246 e. The molecule has 0 spiro atoms. The number of hydrogen-bond acceptors (Lipinski definition) is 5. The fourth-order valence-corrected chi connectivity index (χ4v) is 4.99. The van der Waals surface area contributed by atoms with Gasteiger partial charge in [0.1, 0.15) is 12.1 Å². The normalized spacial score (nSPS) is 30.3. The molecule has 2 aliphatic rings. The molecular formula is C16H28N4O3S. The summed E-state index contributed by atoms with van der Waals surface area (Å²) >= 11 is 1.70. The topological polar surface area (TPSA) is 90.5 Å². The number of thioether (sulfide) groups is 1. The Morgan fingerprint density at radius 1 is 1.33 bits per heavy atom. The summed E-state index contributed by atoms with van der Waals surface area (Å²) in [4.78, 5) is 39.4. The number of nitrogens with one attached hydrogen (secondary N) is 3. The average Bonchev–Trinajstić information content (AvgIpc) is 2.73. The van der Waals surface area contributed by atoms with Crippen molar-refractivity contribution in [3.63, 3.8) is 0 Å². The van der Waals surface area contributed by atoms with E-state index in [-0.39, 0.29) is 34.6 Å². The van der Waals surface area contributed by atoms with Crippen molar-refractivity contribution in [2.45, 2.75) is 57.1 Å². The zero-order valence-corrected chi connectivity index (χ0v) is 15.8. The van der Waals surface area contributed by atoms with E-state index < -0.39 is 12.1 Å². The molecule has 0 saturated carbocycles. The van der Waals surface area contributed by atoms with Crippen molar-refractivity contribution in [1.29, 1.82) is 0 Å². The second-order valence-corrected chi connectivity index (χ2v) is 8.43. The summed E-state index contributed by atoms with van der Waals surface area (Å²) in [5.41, 5.74) is -0.294. The molecule has 7 nitrogen and oxygen atoms in total. The molecule has 0 aromatic rings. The highest BCUT2D eigenvalue weighted by Crippen LogP contribution is 2.46. The zero-order chi connectivity index (χ0) is 18.1. The van der Waals surface area contributed by atoms with E-state index in [1.165, 1.54) is 0 Å². The largest absolute Gasteiger partial charge is 0.357 e. The van der Waals surface area contributed by atoms with Crippen LogP contribution < -0.4 is 16.0 Å². The number of carbonyl (C=O) groups excluding carboxylic acids is 3. The van der Waals surface area contributed by atoms with Crippen molar-refractivity contribution in [3.8, 4) is 0 Å². The Bertz CT molecular complexity index is 525. The molecule has 0 radical (unpaired) electrons. The molecule has 24 heavy (non-hydrogen) atoms. The van der Waals surface area contributed by atoms with Crippen molar-refractivity contribution >= 4 is 29.5 Å². The van der Waals surface area contributed by atoms with Gasteiger partial charge >= 0.3 is 0 Å². The highest BCUT2D eigenvalue weighted by atomic mass is 32.2. The van der Waals surface area contributed by atoms with Gasteiger partial charge in [-0.1, -0.05) is 13.8 Å². The lowest BCUT2D eigenvalue weighted by Crippen LogP contribution is -2.57. The highest BCUT2D eigenvalue weighted by Gasteiger charge is 2.54. The number of fused-ring (bicyclic) bond motifs is 1. The second-order valence-electron chi connectivity index (χ2n) is 7.14. The number of likely N-dealkylation sites (N-methyl/N-ethyl adjacent to an activating group) is 2. The Kier molecular flexibility index (Phi) is 5.80. The summed E-state index contributed by atoms with van der Waals surface area (Å²) in [6, 6.07) is -1.45.